The Kier molecular flexibility index (Phi) is 3.96. The monoisotopic (exact) mass is 333 g/mol. The maximum atomic E-state index is 10.6. The molecule has 0 bridgehead atoms. The second kappa shape index (κ2) is 5.67. The molecule has 0 N–H and O–H groups in total. The maximum absolute atomic E-state index is 10.6. The lowest BCUT2D eigenvalue weighted by Gasteiger charge is -2.08. The molecule has 0 unspecified atom stereocenters. The molecule has 0 spiro atoms. The molecule has 2 rings (SSSR count). The summed E-state index contributed by atoms with van der Waals surface area (Å²) >= 11 is 3.34. The number of ether oxygens (including phenoxy) is 1. The Balaban J connectivity index is 2.39. The zero-order chi connectivity index (χ0) is 14.7. The van der Waals surface area contributed by atoms with E-state index in [1.54, 1.807) is 6.07 Å². The summed E-state index contributed by atoms with van der Waals surface area (Å²) in [5.74, 6) is 0.510. The molecule has 7 heteroatoms. The zero-order valence-corrected chi connectivity index (χ0v) is 11.9. The van der Waals surface area contributed by atoms with Crippen LogP contribution in [0.1, 0.15) is 11.1 Å². The van der Waals surface area contributed by atoms with Crippen LogP contribution in [-0.2, 0) is 0 Å². The van der Waals surface area contributed by atoms with Crippen molar-refractivity contribution in [1.82, 2.24) is 4.98 Å². The molecule has 0 saturated carbocycles. The van der Waals surface area contributed by atoms with E-state index < -0.39 is 4.92 Å². The minimum Gasteiger partial charge on any atom is -0.436 e. The van der Waals surface area contributed by atoms with Gasteiger partial charge in [-0.05, 0) is 40.5 Å². The van der Waals surface area contributed by atoms with Gasteiger partial charge in [0.1, 0.15) is 23.6 Å². The van der Waals surface area contributed by atoms with Crippen molar-refractivity contribution >= 4 is 21.6 Å². The van der Waals surface area contributed by atoms with E-state index in [4.69, 9.17) is 10.00 Å². The molecule has 0 fully saturated rings. The molecule has 0 radical (unpaired) electrons. The topological polar surface area (TPSA) is 89.1 Å². The second-order valence-electron chi connectivity index (χ2n) is 3.95. The Bertz CT molecular complexity index is 725. The molecule has 1 aromatic heterocycles. The van der Waals surface area contributed by atoms with E-state index >= 15 is 0 Å². The van der Waals surface area contributed by atoms with Crippen LogP contribution in [0.4, 0.5) is 5.69 Å². The van der Waals surface area contributed by atoms with E-state index in [2.05, 4.69) is 20.9 Å². The number of halogens is 1. The van der Waals surface area contributed by atoms with Crippen molar-refractivity contribution in [2.75, 3.05) is 0 Å². The number of hydrogen-bond acceptors (Lipinski definition) is 5. The first-order valence-corrected chi connectivity index (χ1v) is 6.29. The third kappa shape index (κ3) is 2.92. The number of nitro groups is 1. The summed E-state index contributed by atoms with van der Waals surface area (Å²) in [4.78, 5) is 13.8. The molecule has 0 saturated heterocycles. The van der Waals surface area contributed by atoms with E-state index in [1.165, 1.54) is 0 Å². The molecule has 0 amide bonds. The number of nitrogens with zero attached hydrogens (tertiary/aromatic N) is 3. The number of nitriles is 1. The first-order valence-electron chi connectivity index (χ1n) is 5.50. The molecule has 20 heavy (non-hydrogen) atoms. The summed E-state index contributed by atoms with van der Waals surface area (Å²) in [7, 11) is 0. The Labute approximate surface area is 122 Å². The minimum absolute atomic E-state index is 0.00618. The average molecular weight is 334 g/mol. The van der Waals surface area contributed by atoms with Crippen LogP contribution in [0.3, 0.4) is 0 Å². The van der Waals surface area contributed by atoms with Gasteiger partial charge < -0.3 is 4.74 Å². The normalized spacial score (nSPS) is 9.85. The van der Waals surface area contributed by atoms with Gasteiger partial charge in [-0.1, -0.05) is 6.07 Å². The van der Waals surface area contributed by atoms with Gasteiger partial charge in [0.15, 0.2) is 0 Å². The van der Waals surface area contributed by atoms with Gasteiger partial charge in [0.25, 0.3) is 5.69 Å². The van der Waals surface area contributed by atoms with E-state index in [-0.39, 0.29) is 17.1 Å². The molecule has 2 aromatic rings. The van der Waals surface area contributed by atoms with E-state index in [0.29, 0.717) is 10.2 Å². The summed E-state index contributed by atoms with van der Waals surface area (Å²) < 4.78 is 6.23. The largest absolute Gasteiger partial charge is 0.436 e. The molecule has 0 aliphatic heterocycles. The predicted octanol–water partition coefficient (Wildman–Crippen LogP) is 3.72. The van der Waals surface area contributed by atoms with Gasteiger partial charge in [-0.15, -0.1) is 0 Å². The number of aryl methyl sites for hydroxylation is 1. The van der Waals surface area contributed by atoms with Crippen LogP contribution in [0.5, 0.6) is 11.6 Å². The first kappa shape index (κ1) is 14.0. The van der Waals surface area contributed by atoms with Gasteiger partial charge in [0, 0.05) is 6.07 Å². The summed E-state index contributed by atoms with van der Waals surface area (Å²) in [6.07, 6.45) is 1.05. The molecular weight excluding hydrogens is 326 g/mol. The van der Waals surface area contributed by atoms with Gasteiger partial charge in [-0.3, -0.25) is 10.1 Å². The molecular formula is C13H8BrN3O3. The number of hydrogen-bond donors (Lipinski definition) is 0. The smallest absolute Gasteiger partial charge is 0.289 e. The third-order valence-electron chi connectivity index (χ3n) is 2.46. The lowest BCUT2D eigenvalue weighted by molar-refractivity contribution is -0.385. The standard InChI is InChI=1S/C13H8BrN3O3/c1-8-2-3-12(11(14)4-8)20-13-9(6-15)5-10(7-16-13)17(18)19/h2-5,7H,1H3. The molecule has 0 atom stereocenters. The summed E-state index contributed by atoms with van der Waals surface area (Å²) in [6.45, 7) is 1.93. The summed E-state index contributed by atoms with van der Waals surface area (Å²) in [5, 5.41) is 19.6. The van der Waals surface area contributed by atoms with Crippen molar-refractivity contribution in [3.63, 3.8) is 0 Å². The van der Waals surface area contributed by atoms with Crippen molar-refractivity contribution in [3.05, 3.63) is 56.2 Å². The summed E-state index contributed by atoms with van der Waals surface area (Å²) in [5.41, 5.74) is 0.796. The number of benzene rings is 1. The van der Waals surface area contributed by atoms with Crippen LogP contribution in [0.15, 0.2) is 34.9 Å². The SMILES string of the molecule is Cc1ccc(Oc2ncc([N+](=O)[O-])cc2C#N)c(Br)c1. The van der Waals surface area contributed by atoms with Crippen molar-refractivity contribution in [3.8, 4) is 17.7 Å². The Morgan fingerprint density at radius 3 is 2.80 bits per heavy atom. The minimum atomic E-state index is -0.612. The quantitative estimate of drug-likeness (QED) is 0.630. The van der Waals surface area contributed by atoms with Crippen molar-refractivity contribution in [2.24, 2.45) is 0 Å². The van der Waals surface area contributed by atoms with E-state index in [9.17, 15) is 10.1 Å². The van der Waals surface area contributed by atoms with Crippen LogP contribution in [0, 0.1) is 28.4 Å². The van der Waals surface area contributed by atoms with Gasteiger partial charge in [0.2, 0.25) is 5.88 Å². The fraction of sp³-hybridized carbons (Fsp3) is 0.0769. The molecule has 1 heterocycles. The predicted molar refractivity (Wildman–Crippen MR) is 74.6 cm³/mol. The fourth-order valence-electron chi connectivity index (χ4n) is 1.50. The van der Waals surface area contributed by atoms with Gasteiger partial charge in [0.05, 0.1) is 9.40 Å². The van der Waals surface area contributed by atoms with Crippen LogP contribution < -0.4 is 4.74 Å². The van der Waals surface area contributed by atoms with Gasteiger partial charge >= 0.3 is 0 Å². The van der Waals surface area contributed by atoms with Crippen molar-refractivity contribution < 1.29 is 9.66 Å². The Hall–Kier alpha value is -2.46. The molecule has 0 aliphatic carbocycles. The lowest BCUT2D eigenvalue weighted by atomic mass is 10.2. The number of pyridine rings is 1. The molecule has 100 valence electrons. The van der Waals surface area contributed by atoms with Crippen molar-refractivity contribution in [2.45, 2.75) is 6.92 Å². The first-order chi connectivity index (χ1) is 9.51. The number of rotatable bonds is 3. The van der Waals surface area contributed by atoms with Crippen molar-refractivity contribution in [1.29, 1.82) is 5.26 Å². The Morgan fingerprint density at radius 1 is 1.45 bits per heavy atom. The van der Waals surface area contributed by atoms with Crippen LogP contribution in [0.25, 0.3) is 0 Å². The number of aromatic nitrogens is 1. The van der Waals surface area contributed by atoms with E-state index in [1.807, 2.05) is 25.1 Å². The molecule has 1 aromatic carbocycles. The Morgan fingerprint density at radius 2 is 2.20 bits per heavy atom. The summed E-state index contributed by atoms with van der Waals surface area (Å²) in [6, 6.07) is 8.39. The zero-order valence-electron chi connectivity index (χ0n) is 10.3. The van der Waals surface area contributed by atoms with Gasteiger partial charge in [-0.25, -0.2) is 4.98 Å². The lowest BCUT2D eigenvalue weighted by Crippen LogP contribution is -1.96. The fourth-order valence-corrected chi connectivity index (χ4v) is 2.07. The highest BCUT2D eigenvalue weighted by Gasteiger charge is 2.14. The maximum Gasteiger partial charge on any atom is 0.289 e. The molecule has 0 aliphatic rings. The second-order valence-corrected chi connectivity index (χ2v) is 4.81. The van der Waals surface area contributed by atoms with Crippen LogP contribution >= 0.6 is 15.9 Å². The van der Waals surface area contributed by atoms with Crippen LogP contribution in [-0.4, -0.2) is 9.91 Å². The highest BCUT2D eigenvalue weighted by Crippen LogP contribution is 2.31. The third-order valence-corrected chi connectivity index (χ3v) is 3.08. The highest BCUT2D eigenvalue weighted by molar-refractivity contribution is 9.10. The average Bonchev–Trinajstić information content (AvgIpc) is 2.42. The van der Waals surface area contributed by atoms with Gasteiger partial charge in [-0.2, -0.15) is 5.26 Å². The highest BCUT2D eigenvalue weighted by atomic mass is 79.9. The molecule has 6 nitrogen and oxygen atoms in total. The van der Waals surface area contributed by atoms with Crippen LogP contribution in [0.2, 0.25) is 0 Å². The van der Waals surface area contributed by atoms with E-state index in [0.717, 1.165) is 17.8 Å².